The largest absolute Gasteiger partial charge is 0.463 e. The maximum atomic E-state index is 13.4. The summed E-state index contributed by atoms with van der Waals surface area (Å²) in [5.41, 5.74) is 2.40. The van der Waals surface area contributed by atoms with Crippen LogP contribution in [0.4, 0.5) is 21.1 Å². The highest BCUT2D eigenvalue weighted by Crippen LogP contribution is 2.38. The molecule has 2 aromatic rings. The summed E-state index contributed by atoms with van der Waals surface area (Å²) in [6.07, 6.45) is 3.54. The van der Waals surface area contributed by atoms with Gasteiger partial charge in [-0.05, 0) is 71.7 Å². The molecule has 0 radical (unpaired) electrons. The van der Waals surface area contributed by atoms with Gasteiger partial charge in [0.05, 0.1) is 31.6 Å². The van der Waals surface area contributed by atoms with E-state index in [4.69, 9.17) is 24.2 Å². The summed E-state index contributed by atoms with van der Waals surface area (Å²) in [4.78, 5) is 51.4. The number of carbonyl (C=O) groups excluding carboxylic acids is 3. The summed E-state index contributed by atoms with van der Waals surface area (Å²) in [7, 11) is 0. The summed E-state index contributed by atoms with van der Waals surface area (Å²) in [6, 6.07) is 6.54. The van der Waals surface area contributed by atoms with Crippen LogP contribution in [0.1, 0.15) is 58.3 Å². The van der Waals surface area contributed by atoms with Crippen LogP contribution in [0.5, 0.6) is 0 Å². The number of ether oxygens (including phenoxy) is 3. The number of morpholine rings is 1. The molecule has 0 saturated carbocycles. The number of hydrogen-bond acceptors (Lipinski definition) is 9. The Morgan fingerprint density at radius 1 is 1.07 bits per heavy atom. The highest BCUT2D eigenvalue weighted by atomic mass is 16.6. The number of amides is 3. The Kier molecular flexibility index (Phi) is 10.6. The number of urea groups is 1. The third kappa shape index (κ3) is 8.44. The molecule has 0 unspecified atom stereocenters. The van der Waals surface area contributed by atoms with Gasteiger partial charge < -0.3 is 29.7 Å². The first-order chi connectivity index (χ1) is 20.6. The average Bonchev–Trinajstić information content (AvgIpc) is 2.97. The van der Waals surface area contributed by atoms with Crippen LogP contribution in [0.25, 0.3) is 11.4 Å². The van der Waals surface area contributed by atoms with Gasteiger partial charge in [0.1, 0.15) is 11.4 Å². The third-order valence-electron chi connectivity index (χ3n) is 6.89. The second-order valence-electron chi connectivity index (χ2n) is 11.2. The topological polar surface area (TPSA) is 135 Å². The maximum absolute atomic E-state index is 13.4. The monoisotopic (exact) mass is 594 g/mol. The van der Waals surface area contributed by atoms with Crippen molar-refractivity contribution in [2.75, 3.05) is 56.2 Å². The predicted molar refractivity (Wildman–Crippen MR) is 163 cm³/mol. The molecule has 232 valence electrons. The molecule has 4 rings (SSSR count). The molecule has 2 aliphatic rings. The molecule has 12 heteroatoms. The number of esters is 1. The minimum Gasteiger partial charge on any atom is -0.463 e. The fourth-order valence-electron chi connectivity index (χ4n) is 5.01. The molecular formula is C31H42N6O6. The second-order valence-corrected chi connectivity index (χ2v) is 11.2. The average molecular weight is 595 g/mol. The van der Waals surface area contributed by atoms with E-state index in [0.29, 0.717) is 69.4 Å². The van der Waals surface area contributed by atoms with Crippen LogP contribution >= 0.6 is 0 Å². The van der Waals surface area contributed by atoms with Gasteiger partial charge in [0.15, 0.2) is 5.82 Å². The quantitative estimate of drug-likeness (QED) is 0.335. The van der Waals surface area contributed by atoms with Crippen molar-refractivity contribution in [3.05, 3.63) is 47.7 Å². The van der Waals surface area contributed by atoms with Crippen LogP contribution in [0.3, 0.4) is 0 Å². The van der Waals surface area contributed by atoms with Crippen LogP contribution in [-0.4, -0.2) is 84.6 Å². The molecule has 1 aromatic heterocycles. The molecule has 1 fully saturated rings. The molecule has 43 heavy (non-hydrogen) atoms. The molecule has 0 bridgehead atoms. The first-order valence-electron chi connectivity index (χ1n) is 14.8. The number of nitrogens with zero attached hydrogens (tertiary/aromatic N) is 4. The van der Waals surface area contributed by atoms with Crippen LogP contribution in [0.15, 0.2) is 36.4 Å². The van der Waals surface area contributed by atoms with Crippen molar-refractivity contribution in [2.45, 2.75) is 59.1 Å². The lowest BCUT2D eigenvalue weighted by molar-refractivity contribution is -0.137. The zero-order chi connectivity index (χ0) is 31.0. The van der Waals surface area contributed by atoms with Crippen LogP contribution in [0.2, 0.25) is 0 Å². The zero-order valence-corrected chi connectivity index (χ0v) is 25.6. The van der Waals surface area contributed by atoms with Gasteiger partial charge >= 0.3 is 18.1 Å². The minimum atomic E-state index is -0.678. The molecule has 3 heterocycles. The lowest BCUT2D eigenvalue weighted by atomic mass is 9.94. The fraction of sp³-hybridized carbons (Fsp3) is 0.516. The van der Waals surface area contributed by atoms with Crippen molar-refractivity contribution >= 4 is 29.6 Å². The summed E-state index contributed by atoms with van der Waals surface area (Å²) in [5.74, 6) is 0.868. The van der Waals surface area contributed by atoms with E-state index < -0.39 is 23.7 Å². The summed E-state index contributed by atoms with van der Waals surface area (Å²) < 4.78 is 16.4. The van der Waals surface area contributed by atoms with Gasteiger partial charge in [-0.2, -0.15) is 0 Å². The van der Waals surface area contributed by atoms with Gasteiger partial charge in [-0.25, -0.2) is 24.4 Å². The minimum absolute atomic E-state index is 0.274. The zero-order valence-electron chi connectivity index (χ0n) is 25.6. The molecule has 1 saturated heterocycles. The van der Waals surface area contributed by atoms with E-state index in [1.165, 1.54) is 6.08 Å². The number of fused-ring (bicyclic) bond motifs is 1. The number of benzene rings is 1. The Balaban J connectivity index is 1.77. The maximum Gasteiger partial charge on any atom is 0.410 e. The number of nitrogens with one attached hydrogen (secondary N) is 2. The highest BCUT2D eigenvalue weighted by Gasteiger charge is 2.37. The normalized spacial score (nSPS) is 16.9. The van der Waals surface area contributed by atoms with Crippen molar-refractivity contribution in [2.24, 2.45) is 0 Å². The van der Waals surface area contributed by atoms with Gasteiger partial charge in [-0.15, -0.1) is 0 Å². The third-order valence-corrected chi connectivity index (χ3v) is 6.89. The second kappa shape index (κ2) is 14.3. The molecule has 2 N–H and O–H groups in total. The van der Waals surface area contributed by atoms with Crippen molar-refractivity contribution in [3.8, 4) is 11.4 Å². The van der Waals surface area contributed by atoms with Crippen molar-refractivity contribution in [1.82, 2.24) is 20.2 Å². The molecule has 1 aromatic carbocycles. The van der Waals surface area contributed by atoms with Crippen molar-refractivity contribution < 1.29 is 28.6 Å². The SMILES string of the molecule is CCNC(=O)Nc1ccc(-c2nc3c(c(N4CCOCC4)n2)CCN(C(=O)OC(C)(C)C)[C@@H]3CC=CC(=O)OCC)cc1. The number of aromatic nitrogens is 2. The van der Waals surface area contributed by atoms with E-state index in [1.54, 1.807) is 30.0 Å². The van der Waals surface area contributed by atoms with Crippen molar-refractivity contribution in [3.63, 3.8) is 0 Å². The van der Waals surface area contributed by atoms with E-state index in [9.17, 15) is 14.4 Å². The number of anilines is 2. The molecular weight excluding hydrogens is 552 g/mol. The fourth-order valence-corrected chi connectivity index (χ4v) is 5.01. The first kappa shape index (κ1) is 31.7. The molecule has 0 aliphatic carbocycles. The summed E-state index contributed by atoms with van der Waals surface area (Å²) in [6.45, 7) is 12.9. The van der Waals surface area contributed by atoms with Crippen LogP contribution < -0.4 is 15.5 Å². The van der Waals surface area contributed by atoms with E-state index in [-0.39, 0.29) is 12.6 Å². The molecule has 2 aliphatic heterocycles. The Morgan fingerprint density at radius 3 is 2.44 bits per heavy atom. The highest BCUT2D eigenvalue weighted by molar-refractivity contribution is 5.89. The summed E-state index contributed by atoms with van der Waals surface area (Å²) >= 11 is 0. The van der Waals surface area contributed by atoms with Gasteiger partial charge in [0, 0.05) is 49.1 Å². The Hall–Kier alpha value is -4.19. The van der Waals surface area contributed by atoms with Crippen LogP contribution in [-0.2, 0) is 25.4 Å². The predicted octanol–water partition coefficient (Wildman–Crippen LogP) is 4.47. The van der Waals surface area contributed by atoms with E-state index in [1.807, 2.05) is 39.8 Å². The Labute approximate surface area is 252 Å². The van der Waals surface area contributed by atoms with Gasteiger partial charge in [0.2, 0.25) is 0 Å². The molecule has 1 atom stereocenters. The number of rotatable bonds is 8. The molecule has 3 amide bonds. The number of carbonyl (C=O) groups is 3. The van der Waals surface area contributed by atoms with E-state index in [2.05, 4.69) is 15.5 Å². The van der Waals surface area contributed by atoms with Crippen molar-refractivity contribution in [1.29, 1.82) is 0 Å². The molecule has 0 spiro atoms. The van der Waals surface area contributed by atoms with Gasteiger partial charge in [-0.3, -0.25) is 4.90 Å². The number of hydrogen-bond donors (Lipinski definition) is 2. The standard InChI is InChI=1S/C31H42N6O6/c1-6-32-29(39)33-22-13-11-21(12-14-22)27-34-26-23(28(35-27)36-17-19-41-20-18-36)15-16-37(30(40)43-31(3,4)5)24(26)9-8-10-25(38)42-7-2/h8,10-14,24H,6-7,9,15-20H2,1-5H3,(H2,32,33,39)/t24-/m1/s1. The van der Waals surface area contributed by atoms with E-state index >= 15 is 0 Å². The Bertz CT molecular complexity index is 1320. The Morgan fingerprint density at radius 2 is 1.79 bits per heavy atom. The van der Waals surface area contributed by atoms with Crippen LogP contribution in [0, 0.1) is 0 Å². The smallest absolute Gasteiger partial charge is 0.410 e. The van der Waals surface area contributed by atoms with E-state index in [0.717, 1.165) is 16.9 Å². The lowest BCUT2D eigenvalue weighted by Gasteiger charge is -2.39. The summed E-state index contributed by atoms with van der Waals surface area (Å²) in [5, 5.41) is 5.52. The lowest BCUT2D eigenvalue weighted by Crippen LogP contribution is -2.45. The first-order valence-corrected chi connectivity index (χ1v) is 14.8. The van der Waals surface area contributed by atoms with Gasteiger partial charge in [0.25, 0.3) is 0 Å². The molecule has 12 nitrogen and oxygen atoms in total. The van der Waals surface area contributed by atoms with Gasteiger partial charge in [-0.1, -0.05) is 6.08 Å².